The summed E-state index contributed by atoms with van der Waals surface area (Å²) in [6, 6.07) is 2.96. The van der Waals surface area contributed by atoms with E-state index in [-0.39, 0.29) is 5.91 Å². The minimum absolute atomic E-state index is 0.0599. The monoisotopic (exact) mass is 289 g/mol. The van der Waals surface area contributed by atoms with Gasteiger partial charge in [-0.1, -0.05) is 12.8 Å². The predicted octanol–water partition coefficient (Wildman–Crippen LogP) is 2.59. The quantitative estimate of drug-likeness (QED) is 0.869. The van der Waals surface area contributed by atoms with Crippen molar-refractivity contribution in [1.29, 1.82) is 5.26 Å². The molecule has 1 N–H and O–H groups in total. The largest absolute Gasteiger partial charge is 0.337 e. The van der Waals surface area contributed by atoms with Crippen LogP contribution in [-0.4, -0.2) is 35.5 Å². The molecule has 2 unspecified atom stereocenters. The Labute approximate surface area is 127 Å². The number of carbonyl (C=O) groups is 1. The summed E-state index contributed by atoms with van der Waals surface area (Å²) in [6.45, 7) is 1.54. The average molecular weight is 289 g/mol. The van der Waals surface area contributed by atoms with Crippen LogP contribution >= 0.6 is 0 Å². The molecule has 0 bridgehead atoms. The second-order valence-electron chi connectivity index (χ2n) is 7.17. The lowest BCUT2D eigenvalue weighted by Gasteiger charge is -2.44. The van der Waals surface area contributed by atoms with Crippen molar-refractivity contribution in [3.05, 3.63) is 0 Å². The maximum absolute atomic E-state index is 12.4. The number of amides is 1. The van der Waals surface area contributed by atoms with E-state index in [4.69, 9.17) is 0 Å². The molecule has 1 aliphatic heterocycles. The summed E-state index contributed by atoms with van der Waals surface area (Å²) >= 11 is 0. The molecule has 3 rings (SSSR count). The molecule has 116 valence electrons. The van der Waals surface area contributed by atoms with E-state index in [0.717, 1.165) is 38.1 Å². The van der Waals surface area contributed by atoms with Crippen LogP contribution in [0.2, 0.25) is 0 Å². The molecule has 0 spiro atoms. The van der Waals surface area contributed by atoms with Crippen molar-refractivity contribution in [3.63, 3.8) is 0 Å². The molecular formula is C17H27N3O. The Morgan fingerprint density at radius 3 is 2.62 bits per heavy atom. The Bertz CT molecular complexity index is 420. The fourth-order valence-electron chi connectivity index (χ4n) is 4.66. The van der Waals surface area contributed by atoms with E-state index in [1.165, 1.54) is 38.5 Å². The maximum Gasteiger partial charge on any atom is 0.235 e. The van der Waals surface area contributed by atoms with E-state index in [9.17, 15) is 10.1 Å². The van der Waals surface area contributed by atoms with Gasteiger partial charge in [0, 0.05) is 6.04 Å². The number of carbonyl (C=O) groups excluding carboxylic acids is 1. The number of nitrogens with one attached hydrogen (secondary N) is 1. The van der Waals surface area contributed by atoms with Gasteiger partial charge in [0.1, 0.15) is 5.54 Å². The molecule has 1 heterocycles. The molecule has 0 radical (unpaired) electrons. The minimum atomic E-state index is -0.571. The zero-order chi connectivity index (χ0) is 14.7. The van der Waals surface area contributed by atoms with Gasteiger partial charge >= 0.3 is 0 Å². The van der Waals surface area contributed by atoms with Crippen molar-refractivity contribution >= 4 is 5.91 Å². The Morgan fingerprint density at radius 1 is 1.14 bits per heavy atom. The lowest BCUT2D eigenvalue weighted by Crippen LogP contribution is -2.53. The number of fused-ring (bicyclic) bond motifs is 1. The first-order valence-electron chi connectivity index (χ1n) is 8.69. The van der Waals surface area contributed by atoms with Crippen LogP contribution in [-0.2, 0) is 4.79 Å². The Kier molecular flexibility index (Phi) is 4.49. The molecule has 4 nitrogen and oxygen atoms in total. The maximum atomic E-state index is 12.4. The molecule has 3 fully saturated rings. The first-order valence-corrected chi connectivity index (χ1v) is 8.69. The number of rotatable bonds is 3. The summed E-state index contributed by atoms with van der Waals surface area (Å²) < 4.78 is 0. The van der Waals surface area contributed by atoms with Gasteiger partial charge in [0.2, 0.25) is 5.91 Å². The number of piperidine rings is 1. The lowest BCUT2D eigenvalue weighted by atomic mass is 9.78. The van der Waals surface area contributed by atoms with Gasteiger partial charge in [-0.3, -0.25) is 9.69 Å². The Morgan fingerprint density at radius 2 is 1.86 bits per heavy atom. The summed E-state index contributed by atoms with van der Waals surface area (Å²) in [5, 5.41) is 12.4. The van der Waals surface area contributed by atoms with E-state index < -0.39 is 5.54 Å². The zero-order valence-corrected chi connectivity index (χ0v) is 12.9. The summed E-state index contributed by atoms with van der Waals surface area (Å²) in [5.74, 6) is 0.862. The summed E-state index contributed by atoms with van der Waals surface area (Å²) in [5.41, 5.74) is -0.571. The first kappa shape index (κ1) is 14.8. The number of nitriles is 1. The second-order valence-corrected chi connectivity index (χ2v) is 7.17. The van der Waals surface area contributed by atoms with Gasteiger partial charge in [0.15, 0.2) is 0 Å². The van der Waals surface area contributed by atoms with E-state index in [1.807, 2.05) is 0 Å². The molecule has 0 aromatic heterocycles. The molecule has 1 amide bonds. The highest BCUT2D eigenvalue weighted by Crippen LogP contribution is 2.35. The van der Waals surface area contributed by atoms with Crippen molar-refractivity contribution in [3.8, 4) is 6.07 Å². The van der Waals surface area contributed by atoms with Crippen LogP contribution in [0.25, 0.3) is 0 Å². The molecule has 0 aromatic rings. The van der Waals surface area contributed by atoms with Gasteiger partial charge in [-0.2, -0.15) is 5.26 Å². The molecule has 21 heavy (non-hydrogen) atoms. The minimum Gasteiger partial charge on any atom is -0.337 e. The predicted molar refractivity (Wildman–Crippen MR) is 81.5 cm³/mol. The van der Waals surface area contributed by atoms with E-state index in [1.54, 1.807) is 0 Å². The standard InChI is InChI=1S/C17H27N3O/c18-13-17(9-3-4-10-17)19-16(21)12-20-11-5-7-14-6-1-2-8-15(14)20/h14-15H,1-12H2,(H,19,21). The number of hydrogen-bond donors (Lipinski definition) is 1. The normalized spacial score (nSPS) is 32.1. The van der Waals surface area contributed by atoms with Crippen LogP contribution in [0.15, 0.2) is 0 Å². The van der Waals surface area contributed by atoms with Crippen LogP contribution in [0.1, 0.15) is 64.2 Å². The number of nitrogens with zero attached hydrogens (tertiary/aromatic N) is 2. The van der Waals surface area contributed by atoms with Crippen LogP contribution in [0.4, 0.5) is 0 Å². The fraction of sp³-hybridized carbons (Fsp3) is 0.882. The highest BCUT2D eigenvalue weighted by molar-refractivity contribution is 5.79. The van der Waals surface area contributed by atoms with Crippen LogP contribution < -0.4 is 5.32 Å². The Balaban J connectivity index is 1.57. The van der Waals surface area contributed by atoms with Gasteiger partial charge in [0.25, 0.3) is 0 Å². The highest BCUT2D eigenvalue weighted by Gasteiger charge is 2.38. The van der Waals surface area contributed by atoms with Gasteiger partial charge in [0.05, 0.1) is 12.6 Å². The number of likely N-dealkylation sites (tertiary alicyclic amines) is 1. The molecule has 2 saturated carbocycles. The fourth-order valence-corrected chi connectivity index (χ4v) is 4.66. The third kappa shape index (κ3) is 3.23. The molecule has 0 aromatic carbocycles. The Hall–Kier alpha value is -1.08. The number of hydrogen-bond acceptors (Lipinski definition) is 3. The second kappa shape index (κ2) is 6.36. The smallest absolute Gasteiger partial charge is 0.235 e. The SMILES string of the molecule is N#CC1(NC(=O)CN2CCCC3CCCCC32)CCCC1. The van der Waals surface area contributed by atoms with Crippen molar-refractivity contribution < 1.29 is 4.79 Å². The summed E-state index contributed by atoms with van der Waals surface area (Å²) in [6.07, 6.45) is 11.6. The van der Waals surface area contributed by atoms with Gasteiger partial charge in [-0.15, -0.1) is 0 Å². The van der Waals surface area contributed by atoms with Crippen LogP contribution in [0.3, 0.4) is 0 Å². The zero-order valence-electron chi connectivity index (χ0n) is 12.9. The van der Waals surface area contributed by atoms with Gasteiger partial charge < -0.3 is 5.32 Å². The van der Waals surface area contributed by atoms with Crippen molar-refractivity contribution in [2.75, 3.05) is 13.1 Å². The van der Waals surface area contributed by atoms with Crippen LogP contribution in [0, 0.1) is 17.2 Å². The van der Waals surface area contributed by atoms with Gasteiger partial charge in [-0.25, -0.2) is 0 Å². The van der Waals surface area contributed by atoms with Gasteiger partial charge in [-0.05, 0) is 63.8 Å². The highest BCUT2D eigenvalue weighted by atomic mass is 16.2. The van der Waals surface area contributed by atoms with E-state index in [0.29, 0.717) is 12.6 Å². The molecular weight excluding hydrogens is 262 g/mol. The molecule has 4 heteroatoms. The lowest BCUT2D eigenvalue weighted by molar-refractivity contribution is -0.125. The molecule has 2 aliphatic carbocycles. The van der Waals surface area contributed by atoms with E-state index >= 15 is 0 Å². The van der Waals surface area contributed by atoms with E-state index in [2.05, 4.69) is 16.3 Å². The average Bonchev–Trinajstić information content (AvgIpc) is 2.96. The first-order chi connectivity index (χ1) is 10.2. The molecule has 1 saturated heterocycles. The molecule has 3 aliphatic rings. The van der Waals surface area contributed by atoms with Crippen molar-refractivity contribution in [2.24, 2.45) is 5.92 Å². The van der Waals surface area contributed by atoms with Crippen molar-refractivity contribution in [2.45, 2.75) is 75.8 Å². The topological polar surface area (TPSA) is 56.1 Å². The summed E-state index contributed by atoms with van der Waals surface area (Å²) in [4.78, 5) is 14.8. The molecule has 2 atom stereocenters. The van der Waals surface area contributed by atoms with Crippen LogP contribution in [0.5, 0.6) is 0 Å². The third-order valence-corrected chi connectivity index (χ3v) is 5.75. The third-order valence-electron chi connectivity index (χ3n) is 5.75. The van der Waals surface area contributed by atoms with Crippen molar-refractivity contribution in [1.82, 2.24) is 10.2 Å². The summed E-state index contributed by atoms with van der Waals surface area (Å²) in [7, 11) is 0.